The Labute approximate surface area is 74.0 Å². The van der Waals surface area contributed by atoms with Crippen molar-refractivity contribution >= 4 is 0 Å². The van der Waals surface area contributed by atoms with Crippen molar-refractivity contribution in [1.29, 1.82) is 0 Å². The lowest BCUT2D eigenvalue weighted by Crippen LogP contribution is -2.21. The fourth-order valence-corrected chi connectivity index (χ4v) is 0.925. The summed E-state index contributed by atoms with van der Waals surface area (Å²) in [5.74, 6) is 0. The first-order valence-electron chi connectivity index (χ1n) is 4.33. The summed E-state index contributed by atoms with van der Waals surface area (Å²) in [4.78, 5) is 4.22. The molecule has 0 aliphatic rings. The summed E-state index contributed by atoms with van der Waals surface area (Å²) in [6.07, 6.45) is 1.92. The molecule has 1 aromatic heterocycles. The molecule has 0 saturated carbocycles. The van der Waals surface area contributed by atoms with Crippen LogP contribution < -0.4 is 5.32 Å². The van der Waals surface area contributed by atoms with Crippen molar-refractivity contribution in [2.75, 3.05) is 0 Å². The van der Waals surface area contributed by atoms with Gasteiger partial charge in [0.15, 0.2) is 0 Å². The maximum atomic E-state index is 4.22. The molecule has 1 heterocycles. The van der Waals surface area contributed by atoms with Gasteiger partial charge in [-0.05, 0) is 18.6 Å². The fourth-order valence-electron chi connectivity index (χ4n) is 0.925. The highest BCUT2D eigenvalue weighted by molar-refractivity contribution is 5.12. The summed E-state index contributed by atoms with van der Waals surface area (Å²) in [7, 11) is 0. The van der Waals surface area contributed by atoms with Crippen LogP contribution in [0.25, 0.3) is 0 Å². The van der Waals surface area contributed by atoms with Gasteiger partial charge in [-0.25, -0.2) is 0 Å². The molecule has 0 saturated heterocycles. The maximum absolute atomic E-state index is 4.22. The first kappa shape index (κ1) is 9.20. The fraction of sp³-hybridized carbons (Fsp3) is 0.500. The molecule has 0 aliphatic carbocycles. The van der Waals surface area contributed by atoms with E-state index in [0.717, 1.165) is 12.2 Å². The third-order valence-corrected chi connectivity index (χ3v) is 1.69. The summed E-state index contributed by atoms with van der Waals surface area (Å²) < 4.78 is 0. The predicted molar refractivity (Wildman–Crippen MR) is 50.9 cm³/mol. The van der Waals surface area contributed by atoms with Gasteiger partial charge in [0.1, 0.15) is 0 Å². The number of pyridine rings is 1. The van der Waals surface area contributed by atoms with E-state index < -0.39 is 0 Å². The van der Waals surface area contributed by atoms with Crippen molar-refractivity contribution in [2.24, 2.45) is 0 Å². The average molecular weight is 164 g/mol. The van der Waals surface area contributed by atoms with Crippen LogP contribution in [-0.4, -0.2) is 11.0 Å². The number of aryl methyl sites for hydroxylation is 1. The van der Waals surface area contributed by atoms with Crippen LogP contribution in [0.2, 0.25) is 0 Å². The van der Waals surface area contributed by atoms with Gasteiger partial charge in [0, 0.05) is 24.5 Å². The SMILES string of the molecule is Cc1ccc(CNC(C)C)cn1. The molecule has 0 radical (unpaired) electrons. The molecule has 12 heavy (non-hydrogen) atoms. The number of hydrogen-bond acceptors (Lipinski definition) is 2. The first-order valence-corrected chi connectivity index (χ1v) is 4.33. The van der Waals surface area contributed by atoms with Gasteiger partial charge in [0.2, 0.25) is 0 Å². The van der Waals surface area contributed by atoms with Gasteiger partial charge in [-0.2, -0.15) is 0 Å². The smallest absolute Gasteiger partial charge is 0.0372 e. The molecule has 0 spiro atoms. The van der Waals surface area contributed by atoms with Crippen LogP contribution in [0.4, 0.5) is 0 Å². The van der Waals surface area contributed by atoms with Gasteiger partial charge in [0.25, 0.3) is 0 Å². The lowest BCUT2D eigenvalue weighted by molar-refractivity contribution is 0.588. The van der Waals surface area contributed by atoms with E-state index in [-0.39, 0.29) is 0 Å². The molecule has 2 nitrogen and oxygen atoms in total. The average Bonchev–Trinajstić information content (AvgIpc) is 2.03. The highest BCUT2D eigenvalue weighted by Gasteiger charge is 1.94. The van der Waals surface area contributed by atoms with Crippen molar-refractivity contribution in [1.82, 2.24) is 10.3 Å². The Morgan fingerprint density at radius 2 is 2.17 bits per heavy atom. The lowest BCUT2D eigenvalue weighted by atomic mass is 10.2. The molecule has 0 aliphatic heterocycles. The Morgan fingerprint density at radius 1 is 1.42 bits per heavy atom. The van der Waals surface area contributed by atoms with Gasteiger partial charge in [-0.15, -0.1) is 0 Å². The summed E-state index contributed by atoms with van der Waals surface area (Å²) >= 11 is 0. The molecule has 0 bridgehead atoms. The van der Waals surface area contributed by atoms with Gasteiger partial charge in [-0.3, -0.25) is 4.98 Å². The molecule has 0 fully saturated rings. The van der Waals surface area contributed by atoms with Crippen molar-refractivity contribution in [3.63, 3.8) is 0 Å². The zero-order valence-corrected chi connectivity index (χ0v) is 7.96. The number of rotatable bonds is 3. The summed E-state index contributed by atoms with van der Waals surface area (Å²) in [6, 6.07) is 4.68. The topological polar surface area (TPSA) is 24.9 Å². The van der Waals surface area contributed by atoms with Crippen LogP contribution in [0.1, 0.15) is 25.1 Å². The minimum atomic E-state index is 0.534. The summed E-state index contributed by atoms with van der Waals surface area (Å²) in [6.45, 7) is 7.19. The van der Waals surface area contributed by atoms with Crippen LogP contribution in [-0.2, 0) is 6.54 Å². The Hall–Kier alpha value is -0.890. The third-order valence-electron chi connectivity index (χ3n) is 1.69. The van der Waals surface area contributed by atoms with Crippen LogP contribution in [0.5, 0.6) is 0 Å². The number of aromatic nitrogens is 1. The van der Waals surface area contributed by atoms with Crippen molar-refractivity contribution in [3.05, 3.63) is 29.6 Å². The minimum Gasteiger partial charge on any atom is -0.310 e. The van der Waals surface area contributed by atoms with Crippen LogP contribution in [0.15, 0.2) is 18.3 Å². The van der Waals surface area contributed by atoms with Gasteiger partial charge in [0.05, 0.1) is 0 Å². The van der Waals surface area contributed by atoms with E-state index >= 15 is 0 Å². The maximum Gasteiger partial charge on any atom is 0.0372 e. The summed E-state index contributed by atoms with van der Waals surface area (Å²) in [5, 5.41) is 3.34. The van der Waals surface area contributed by atoms with E-state index in [4.69, 9.17) is 0 Å². The second-order valence-corrected chi connectivity index (χ2v) is 3.34. The number of nitrogens with one attached hydrogen (secondary N) is 1. The van der Waals surface area contributed by atoms with Crippen LogP contribution >= 0.6 is 0 Å². The van der Waals surface area contributed by atoms with Gasteiger partial charge in [-0.1, -0.05) is 19.9 Å². The van der Waals surface area contributed by atoms with E-state index in [1.807, 2.05) is 19.2 Å². The van der Waals surface area contributed by atoms with Crippen LogP contribution in [0, 0.1) is 6.92 Å². The molecule has 0 aromatic carbocycles. The highest BCUT2D eigenvalue weighted by atomic mass is 14.9. The molecular weight excluding hydrogens is 148 g/mol. The van der Waals surface area contributed by atoms with Gasteiger partial charge < -0.3 is 5.32 Å². The van der Waals surface area contributed by atoms with E-state index in [9.17, 15) is 0 Å². The Kier molecular flexibility index (Phi) is 3.23. The largest absolute Gasteiger partial charge is 0.310 e. The van der Waals surface area contributed by atoms with Crippen molar-refractivity contribution in [2.45, 2.75) is 33.4 Å². The zero-order chi connectivity index (χ0) is 8.97. The molecule has 0 atom stereocenters. The Morgan fingerprint density at radius 3 is 2.67 bits per heavy atom. The molecular formula is C10H16N2. The number of hydrogen-bond donors (Lipinski definition) is 1. The van der Waals surface area contributed by atoms with E-state index in [1.54, 1.807) is 0 Å². The molecule has 0 unspecified atom stereocenters. The normalized spacial score (nSPS) is 10.7. The second kappa shape index (κ2) is 4.21. The second-order valence-electron chi connectivity index (χ2n) is 3.34. The number of nitrogens with zero attached hydrogens (tertiary/aromatic N) is 1. The van der Waals surface area contributed by atoms with Gasteiger partial charge >= 0.3 is 0 Å². The van der Waals surface area contributed by atoms with Crippen LogP contribution in [0.3, 0.4) is 0 Å². The third kappa shape index (κ3) is 3.01. The quantitative estimate of drug-likeness (QED) is 0.738. The molecule has 1 rings (SSSR count). The molecule has 2 heteroatoms. The molecule has 1 N–H and O–H groups in total. The monoisotopic (exact) mass is 164 g/mol. The van der Waals surface area contributed by atoms with Crippen molar-refractivity contribution in [3.8, 4) is 0 Å². The predicted octanol–water partition coefficient (Wildman–Crippen LogP) is 1.89. The van der Waals surface area contributed by atoms with E-state index in [0.29, 0.717) is 6.04 Å². The summed E-state index contributed by atoms with van der Waals surface area (Å²) in [5.41, 5.74) is 2.32. The minimum absolute atomic E-state index is 0.534. The van der Waals surface area contributed by atoms with E-state index in [1.165, 1.54) is 5.56 Å². The van der Waals surface area contributed by atoms with E-state index in [2.05, 4.69) is 30.2 Å². The zero-order valence-electron chi connectivity index (χ0n) is 7.96. The lowest BCUT2D eigenvalue weighted by Gasteiger charge is -2.07. The first-order chi connectivity index (χ1) is 5.68. The molecule has 66 valence electrons. The Balaban J connectivity index is 2.48. The highest BCUT2D eigenvalue weighted by Crippen LogP contribution is 1.98. The molecule has 1 aromatic rings. The molecule has 0 amide bonds. The van der Waals surface area contributed by atoms with Crippen molar-refractivity contribution < 1.29 is 0 Å². The Bertz CT molecular complexity index is 226. The standard InChI is InChI=1S/C10H16N2/c1-8(2)11-6-10-5-4-9(3)12-7-10/h4-5,7-8,11H,6H2,1-3H3.